The molecule has 11 heteroatoms. The van der Waals surface area contributed by atoms with Gasteiger partial charge in [-0.1, -0.05) is 0 Å². The summed E-state index contributed by atoms with van der Waals surface area (Å²) in [5.74, 6) is -6.55. The molecule has 0 radical (unpaired) electrons. The average Bonchev–Trinajstić information content (AvgIpc) is 2.47. The molecule has 1 aliphatic rings. The van der Waals surface area contributed by atoms with Crippen molar-refractivity contribution in [2.45, 2.75) is 56.0 Å². The van der Waals surface area contributed by atoms with Crippen LogP contribution < -0.4 is 5.32 Å². The second kappa shape index (κ2) is 7.09. The lowest BCUT2D eigenvalue weighted by Gasteiger charge is -2.46. The van der Waals surface area contributed by atoms with Gasteiger partial charge in [-0.05, 0) is 6.92 Å². The molecule has 1 heterocycles. The number of nitrogens with one attached hydrogen (secondary N) is 1. The van der Waals surface area contributed by atoms with Crippen molar-refractivity contribution in [1.29, 1.82) is 0 Å². The van der Waals surface area contributed by atoms with Crippen molar-refractivity contribution in [2.75, 3.05) is 6.61 Å². The molecule has 138 valence electrons. The van der Waals surface area contributed by atoms with Gasteiger partial charge in [-0.3, -0.25) is 9.59 Å². The third-order valence-electron chi connectivity index (χ3n) is 3.94. The first kappa shape index (κ1) is 20.4. The number of amides is 1. The highest BCUT2D eigenvalue weighted by atomic mass is 16.7. The Morgan fingerprint density at radius 1 is 1.38 bits per heavy atom. The summed E-state index contributed by atoms with van der Waals surface area (Å²) in [6.07, 6.45) is -6.68. The Bertz CT molecular complexity index is 525. The SMILES string of the molecule is CC(=O)N[C@H]1[C@H]([C@H](O)[C@](O)(CO)C(C)=O)OC(O)(C(=O)O)C[C@@H]1O. The van der Waals surface area contributed by atoms with Crippen LogP contribution >= 0.6 is 0 Å². The molecule has 1 saturated heterocycles. The summed E-state index contributed by atoms with van der Waals surface area (Å²) in [6, 6.07) is -1.45. The van der Waals surface area contributed by atoms with Crippen LogP contribution in [0.5, 0.6) is 0 Å². The molecule has 0 aromatic heterocycles. The molecular weight excluding hydrogens is 330 g/mol. The van der Waals surface area contributed by atoms with Gasteiger partial charge in [0.05, 0.1) is 18.8 Å². The molecule has 1 aliphatic heterocycles. The summed E-state index contributed by atoms with van der Waals surface area (Å²) in [4.78, 5) is 33.9. The highest BCUT2D eigenvalue weighted by Gasteiger charge is 2.57. The van der Waals surface area contributed by atoms with Crippen molar-refractivity contribution in [2.24, 2.45) is 0 Å². The molecule has 0 bridgehead atoms. The van der Waals surface area contributed by atoms with Gasteiger partial charge in [-0.2, -0.15) is 0 Å². The molecular formula is C13H21NO10. The number of carboxylic acid groups (broad SMARTS) is 1. The van der Waals surface area contributed by atoms with Gasteiger partial charge in [-0.25, -0.2) is 4.79 Å². The Morgan fingerprint density at radius 3 is 2.29 bits per heavy atom. The molecule has 0 aromatic carbocycles. The Morgan fingerprint density at radius 2 is 1.92 bits per heavy atom. The van der Waals surface area contributed by atoms with Crippen molar-refractivity contribution >= 4 is 17.7 Å². The van der Waals surface area contributed by atoms with Crippen LogP contribution in [0.3, 0.4) is 0 Å². The lowest BCUT2D eigenvalue weighted by molar-refractivity contribution is -0.300. The van der Waals surface area contributed by atoms with E-state index in [1.54, 1.807) is 0 Å². The summed E-state index contributed by atoms with van der Waals surface area (Å²) in [5.41, 5.74) is -2.75. The average molecular weight is 351 g/mol. The number of aliphatic hydroxyl groups excluding tert-OH is 3. The van der Waals surface area contributed by atoms with Crippen LogP contribution in [-0.4, -0.2) is 90.6 Å². The zero-order valence-corrected chi connectivity index (χ0v) is 13.0. The van der Waals surface area contributed by atoms with Crippen molar-refractivity contribution in [1.82, 2.24) is 5.32 Å². The zero-order chi connectivity index (χ0) is 18.9. The molecule has 0 saturated carbocycles. The molecule has 1 amide bonds. The maximum atomic E-state index is 11.5. The molecule has 1 unspecified atom stereocenters. The molecule has 11 nitrogen and oxygen atoms in total. The first-order chi connectivity index (χ1) is 10.9. The quantitative estimate of drug-likeness (QED) is 0.248. The number of hydrogen-bond acceptors (Lipinski definition) is 9. The van der Waals surface area contributed by atoms with E-state index in [-0.39, 0.29) is 0 Å². The fourth-order valence-corrected chi connectivity index (χ4v) is 2.47. The summed E-state index contributed by atoms with van der Waals surface area (Å²) >= 11 is 0. The minimum atomic E-state index is -2.92. The van der Waals surface area contributed by atoms with E-state index in [0.29, 0.717) is 0 Å². The Hall–Kier alpha value is -1.63. The number of carbonyl (C=O) groups excluding carboxylic acids is 2. The van der Waals surface area contributed by atoms with Gasteiger partial charge in [0, 0.05) is 13.3 Å². The van der Waals surface area contributed by atoms with Crippen molar-refractivity contribution in [3.63, 3.8) is 0 Å². The number of aliphatic hydroxyl groups is 5. The number of carbonyl (C=O) groups is 3. The van der Waals surface area contributed by atoms with Gasteiger partial charge in [0.2, 0.25) is 5.91 Å². The molecule has 0 spiro atoms. The zero-order valence-electron chi connectivity index (χ0n) is 13.0. The summed E-state index contributed by atoms with van der Waals surface area (Å²) in [5, 5.41) is 60.8. The fourth-order valence-electron chi connectivity index (χ4n) is 2.47. The van der Waals surface area contributed by atoms with E-state index in [2.05, 4.69) is 5.32 Å². The largest absolute Gasteiger partial charge is 0.477 e. The van der Waals surface area contributed by atoms with Crippen LogP contribution in [0.4, 0.5) is 0 Å². The first-order valence-electron chi connectivity index (χ1n) is 7.00. The third-order valence-corrected chi connectivity index (χ3v) is 3.94. The van der Waals surface area contributed by atoms with Gasteiger partial charge in [0.25, 0.3) is 5.79 Å². The topological polar surface area (TPSA) is 194 Å². The molecule has 1 rings (SSSR count). The highest BCUT2D eigenvalue weighted by molar-refractivity contribution is 5.85. The summed E-state index contributed by atoms with van der Waals surface area (Å²) in [6.45, 7) is 0.685. The number of Topliss-reactive ketones (excluding diaryl/α,β-unsaturated/α-hetero) is 1. The molecule has 6 atom stereocenters. The first-order valence-corrected chi connectivity index (χ1v) is 7.00. The van der Waals surface area contributed by atoms with E-state index in [0.717, 1.165) is 13.8 Å². The second-order valence-corrected chi connectivity index (χ2v) is 5.75. The van der Waals surface area contributed by atoms with Gasteiger partial charge in [0.15, 0.2) is 11.4 Å². The second-order valence-electron chi connectivity index (χ2n) is 5.75. The summed E-state index contributed by atoms with van der Waals surface area (Å²) < 4.78 is 4.89. The lowest BCUT2D eigenvalue weighted by atomic mass is 9.82. The van der Waals surface area contributed by atoms with E-state index >= 15 is 0 Å². The van der Waals surface area contributed by atoms with Gasteiger partial charge >= 0.3 is 5.97 Å². The molecule has 1 fully saturated rings. The monoisotopic (exact) mass is 351 g/mol. The van der Waals surface area contributed by atoms with E-state index < -0.39 is 66.4 Å². The van der Waals surface area contributed by atoms with Crippen LogP contribution in [0.2, 0.25) is 0 Å². The van der Waals surface area contributed by atoms with Crippen LogP contribution in [-0.2, 0) is 19.1 Å². The minimum Gasteiger partial charge on any atom is -0.477 e. The van der Waals surface area contributed by atoms with Crippen molar-refractivity contribution < 1.29 is 49.8 Å². The minimum absolute atomic E-state index is 0.684. The number of aliphatic carboxylic acids is 1. The number of hydrogen-bond donors (Lipinski definition) is 7. The normalized spacial score (nSPS) is 34.0. The standard InChI is InChI=1S/C13H21NO10/c1-5(16)12(22,4-15)10(19)9-8(14-6(2)17)7(18)3-13(23,24-9)11(20)21/h7-10,15,18-19,22-23H,3-4H2,1-2H3,(H,14,17)(H,20,21)/t7-,8+,9+,10-,12-,13?/m0/s1. The summed E-state index contributed by atoms with van der Waals surface area (Å²) in [7, 11) is 0. The predicted octanol–water partition coefficient (Wildman–Crippen LogP) is -3.91. The van der Waals surface area contributed by atoms with Gasteiger partial charge in [-0.15, -0.1) is 0 Å². The van der Waals surface area contributed by atoms with Crippen LogP contribution in [0.15, 0.2) is 0 Å². The fraction of sp³-hybridized carbons (Fsp3) is 0.769. The Balaban J connectivity index is 3.29. The molecule has 7 N–H and O–H groups in total. The van der Waals surface area contributed by atoms with E-state index in [1.807, 2.05) is 0 Å². The highest BCUT2D eigenvalue weighted by Crippen LogP contribution is 2.32. The smallest absolute Gasteiger partial charge is 0.364 e. The van der Waals surface area contributed by atoms with Crippen LogP contribution in [0, 0.1) is 0 Å². The molecule has 0 aromatic rings. The van der Waals surface area contributed by atoms with Gasteiger partial charge in [0.1, 0.15) is 12.2 Å². The maximum absolute atomic E-state index is 11.5. The van der Waals surface area contributed by atoms with Crippen LogP contribution in [0.25, 0.3) is 0 Å². The predicted molar refractivity (Wildman–Crippen MR) is 74.4 cm³/mol. The van der Waals surface area contributed by atoms with E-state index in [4.69, 9.17) is 9.84 Å². The number of ether oxygens (including phenoxy) is 1. The maximum Gasteiger partial charge on any atom is 0.364 e. The lowest BCUT2D eigenvalue weighted by Crippen LogP contribution is -2.70. The third kappa shape index (κ3) is 3.71. The van der Waals surface area contributed by atoms with Crippen molar-refractivity contribution in [3.05, 3.63) is 0 Å². The Kier molecular flexibility index (Phi) is 6.03. The molecule has 0 aliphatic carbocycles. The van der Waals surface area contributed by atoms with E-state index in [1.165, 1.54) is 0 Å². The molecule has 24 heavy (non-hydrogen) atoms. The number of ketones is 1. The van der Waals surface area contributed by atoms with Crippen molar-refractivity contribution in [3.8, 4) is 0 Å². The van der Waals surface area contributed by atoms with Crippen LogP contribution in [0.1, 0.15) is 20.3 Å². The number of carboxylic acids is 1. The van der Waals surface area contributed by atoms with Gasteiger partial charge < -0.3 is 40.7 Å². The van der Waals surface area contributed by atoms with E-state index in [9.17, 15) is 39.9 Å². The Labute approximate surface area is 136 Å². The number of rotatable bonds is 6.